The predicted molar refractivity (Wildman–Crippen MR) is 109 cm³/mol. The van der Waals surface area contributed by atoms with Crippen molar-refractivity contribution in [3.8, 4) is 5.75 Å². The molecule has 2 aliphatic carbocycles. The zero-order valence-corrected chi connectivity index (χ0v) is 17.2. The maximum absolute atomic E-state index is 12.3. The Morgan fingerprint density at radius 2 is 1.53 bits per heavy atom. The summed E-state index contributed by atoms with van der Waals surface area (Å²) in [6, 6.07) is 6.38. The van der Waals surface area contributed by atoms with Crippen LogP contribution in [-0.2, 0) is 4.79 Å². The second-order valence-electron chi connectivity index (χ2n) is 8.76. The summed E-state index contributed by atoms with van der Waals surface area (Å²) in [5.74, 6) is 1.64. The van der Waals surface area contributed by atoms with Gasteiger partial charge in [-0.25, -0.2) is 0 Å². The maximum atomic E-state index is 12.3. The number of halogens is 3. The molecule has 0 spiro atoms. The summed E-state index contributed by atoms with van der Waals surface area (Å²) in [7, 11) is 0. The van der Waals surface area contributed by atoms with Crippen molar-refractivity contribution in [1.82, 2.24) is 0 Å². The topological polar surface area (TPSA) is 46.5 Å². The first-order valence-electron chi connectivity index (χ1n) is 11.0. The summed E-state index contributed by atoms with van der Waals surface area (Å²) in [6.07, 6.45) is 9.84. The summed E-state index contributed by atoms with van der Waals surface area (Å²) in [4.78, 5) is 10.6. The largest absolute Gasteiger partial charge is 0.573 e. The smallest absolute Gasteiger partial charge is 0.481 e. The number of carbonyl (C=O) groups is 1. The second kappa shape index (κ2) is 10.4. The van der Waals surface area contributed by atoms with Gasteiger partial charge in [0.15, 0.2) is 0 Å². The second-order valence-corrected chi connectivity index (χ2v) is 8.76. The fraction of sp³-hybridized carbons (Fsp3) is 0.625. The van der Waals surface area contributed by atoms with E-state index in [0.717, 1.165) is 30.2 Å². The van der Waals surface area contributed by atoms with Gasteiger partial charge in [-0.3, -0.25) is 4.79 Å². The molecule has 0 saturated heterocycles. The number of carboxylic acid groups (broad SMARTS) is 1. The molecule has 166 valence electrons. The van der Waals surface area contributed by atoms with Gasteiger partial charge in [0.2, 0.25) is 0 Å². The highest BCUT2D eigenvalue weighted by atomic mass is 19.4. The minimum atomic E-state index is -4.65. The van der Waals surface area contributed by atoms with E-state index in [-0.39, 0.29) is 12.2 Å². The summed E-state index contributed by atoms with van der Waals surface area (Å²) >= 11 is 0. The molecule has 0 heterocycles. The van der Waals surface area contributed by atoms with Crippen LogP contribution in [0.3, 0.4) is 0 Å². The molecule has 3 nitrogen and oxygen atoms in total. The molecule has 2 fully saturated rings. The lowest BCUT2D eigenvalue weighted by Gasteiger charge is -2.37. The number of carboxylic acids is 1. The molecule has 1 aromatic rings. The minimum Gasteiger partial charge on any atom is -0.481 e. The van der Waals surface area contributed by atoms with E-state index in [0.29, 0.717) is 18.3 Å². The highest BCUT2D eigenvalue weighted by Gasteiger charge is 2.32. The van der Waals surface area contributed by atoms with Gasteiger partial charge in [-0.2, -0.15) is 0 Å². The van der Waals surface area contributed by atoms with Crippen molar-refractivity contribution in [1.29, 1.82) is 0 Å². The molecule has 0 amide bonds. The van der Waals surface area contributed by atoms with E-state index in [1.54, 1.807) is 12.1 Å². The van der Waals surface area contributed by atoms with Crippen LogP contribution in [0, 0.1) is 17.8 Å². The Morgan fingerprint density at radius 3 is 2.07 bits per heavy atom. The van der Waals surface area contributed by atoms with Crippen LogP contribution < -0.4 is 4.74 Å². The molecular weight excluding hydrogens is 393 g/mol. The fourth-order valence-corrected chi connectivity index (χ4v) is 5.17. The quantitative estimate of drug-likeness (QED) is 0.476. The Kier molecular flexibility index (Phi) is 7.84. The van der Waals surface area contributed by atoms with Gasteiger partial charge < -0.3 is 9.84 Å². The van der Waals surface area contributed by atoms with Crippen molar-refractivity contribution < 1.29 is 27.8 Å². The van der Waals surface area contributed by atoms with E-state index in [2.05, 4.69) is 10.8 Å². The number of aliphatic carboxylic acids is 1. The van der Waals surface area contributed by atoms with E-state index in [9.17, 15) is 18.0 Å². The Morgan fingerprint density at radius 1 is 0.967 bits per heavy atom. The van der Waals surface area contributed by atoms with Gasteiger partial charge in [0, 0.05) is 6.42 Å². The van der Waals surface area contributed by atoms with Crippen LogP contribution >= 0.6 is 0 Å². The summed E-state index contributed by atoms with van der Waals surface area (Å²) < 4.78 is 40.9. The summed E-state index contributed by atoms with van der Waals surface area (Å²) in [6.45, 7) is 0. The molecule has 0 bridgehead atoms. The van der Waals surface area contributed by atoms with E-state index >= 15 is 0 Å². The lowest BCUT2D eigenvalue weighted by molar-refractivity contribution is -0.274. The molecule has 3 rings (SSSR count). The van der Waals surface area contributed by atoms with Crippen molar-refractivity contribution in [2.45, 2.75) is 76.5 Å². The lowest BCUT2D eigenvalue weighted by Crippen LogP contribution is -2.25. The third-order valence-corrected chi connectivity index (χ3v) is 6.77. The van der Waals surface area contributed by atoms with Crippen LogP contribution in [0.5, 0.6) is 5.75 Å². The van der Waals surface area contributed by atoms with Crippen LogP contribution in [0.1, 0.15) is 75.7 Å². The Labute approximate surface area is 176 Å². The van der Waals surface area contributed by atoms with E-state index in [1.165, 1.54) is 50.7 Å². The Balaban J connectivity index is 1.40. The molecule has 30 heavy (non-hydrogen) atoms. The zero-order chi connectivity index (χ0) is 21.6. The van der Waals surface area contributed by atoms with Crippen LogP contribution in [0.4, 0.5) is 13.2 Å². The average Bonchev–Trinajstić information content (AvgIpc) is 2.71. The van der Waals surface area contributed by atoms with Crippen molar-refractivity contribution in [2.75, 3.05) is 0 Å². The average molecular weight is 425 g/mol. The van der Waals surface area contributed by atoms with E-state index < -0.39 is 12.3 Å². The fourth-order valence-electron chi connectivity index (χ4n) is 5.17. The van der Waals surface area contributed by atoms with E-state index in [1.807, 2.05) is 6.08 Å². The molecule has 0 atom stereocenters. The SMILES string of the molecule is O=C(O)CCC=C[C@H]1CC[C@H]([C@H]2CC[C@H](c3ccc(OC(F)(F)F)cc3)CC2)CC1. The molecule has 0 radical (unpaired) electrons. The Bertz CT molecular complexity index is 695. The summed E-state index contributed by atoms with van der Waals surface area (Å²) in [5.41, 5.74) is 1.11. The van der Waals surface area contributed by atoms with Crippen molar-refractivity contribution in [3.05, 3.63) is 42.0 Å². The van der Waals surface area contributed by atoms with Gasteiger partial charge in [0.25, 0.3) is 0 Å². The number of allylic oxidation sites excluding steroid dienone is 2. The monoisotopic (exact) mass is 424 g/mol. The van der Waals surface area contributed by atoms with Crippen molar-refractivity contribution in [3.63, 3.8) is 0 Å². The molecule has 2 aliphatic rings. The third-order valence-electron chi connectivity index (χ3n) is 6.77. The number of hydrogen-bond acceptors (Lipinski definition) is 2. The Hall–Kier alpha value is -1.98. The third kappa shape index (κ3) is 7.06. The minimum absolute atomic E-state index is 0.159. The first-order chi connectivity index (χ1) is 14.3. The van der Waals surface area contributed by atoms with Crippen LogP contribution in [-0.4, -0.2) is 17.4 Å². The molecule has 0 unspecified atom stereocenters. The standard InChI is InChI=1S/C24H31F3O3/c25-24(26,27)30-22-15-13-21(14-16-22)20-11-9-19(10-12-20)18-7-5-17(6-8-18)3-1-2-4-23(28)29/h1,3,13-20H,2,4-12H2,(H,28,29)/t17-,18-,19-,20-. The zero-order valence-electron chi connectivity index (χ0n) is 17.2. The van der Waals surface area contributed by atoms with Gasteiger partial charge >= 0.3 is 12.3 Å². The molecule has 2 saturated carbocycles. The van der Waals surface area contributed by atoms with Gasteiger partial charge in [-0.15, -0.1) is 13.2 Å². The van der Waals surface area contributed by atoms with Crippen molar-refractivity contribution in [2.24, 2.45) is 17.8 Å². The number of rotatable bonds is 7. The van der Waals surface area contributed by atoms with Gasteiger partial charge in [-0.1, -0.05) is 24.3 Å². The molecule has 1 aromatic carbocycles. The highest BCUT2D eigenvalue weighted by molar-refractivity contribution is 5.66. The number of alkyl halides is 3. The number of benzene rings is 1. The van der Waals surface area contributed by atoms with E-state index in [4.69, 9.17) is 5.11 Å². The molecule has 0 aromatic heterocycles. The van der Waals surface area contributed by atoms with Gasteiger partial charge in [-0.05, 0) is 99.2 Å². The molecular formula is C24H31F3O3. The van der Waals surface area contributed by atoms with Gasteiger partial charge in [0.05, 0.1) is 0 Å². The van der Waals surface area contributed by atoms with Crippen LogP contribution in [0.2, 0.25) is 0 Å². The number of ether oxygens (including phenoxy) is 1. The lowest BCUT2D eigenvalue weighted by atomic mass is 9.68. The molecule has 6 heteroatoms. The first-order valence-corrected chi connectivity index (χ1v) is 11.0. The summed E-state index contributed by atoms with van der Waals surface area (Å²) in [5, 5.41) is 8.69. The number of hydrogen-bond donors (Lipinski definition) is 1. The van der Waals surface area contributed by atoms with Crippen LogP contribution in [0.25, 0.3) is 0 Å². The molecule has 0 aliphatic heterocycles. The van der Waals surface area contributed by atoms with Crippen molar-refractivity contribution >= 4 is 5.97 Å². The first kappa shape index (κ1) is 22.7. The highest BCUT2D eigenvalue weighted by Crippen LogP contribution is 2.44. The molecule has 1 N–H and O–H groups in total. The van der Waals surface area contributed by atoms with Crippen LogP contribution in [0.15, 0.2) is 36.4 Å². The van der Waals surface area contributed by atoms with Gasteiger partial charge in [0.1, 0.15) is 5.75 Å². The predicted octanol–water partition coefficient (Wildman–Crippen LogP) is 7.09. The maximum Gasteiger partial charge on any atom is 0.573 e. The normalized spacial score (nSPS) is 27.8.